The molecule has 10 nitrogen and oxygen atoms in total. The number of halogens is 3. The number of hydrogen-bond donors (Lipinski definition) is 4. The van der Waals surface area contributed by atoms with Gasteiger partial charge >= 0.3 is 0 Å². The van der Waals surface area contributed by atoms with Crippen LogP contribution in [-0.2, 0) is 6.54 Å². The average Bonchev–Trinajstić information content (AvgIpc) is 2.90. The van der Waals surface area contributed by atoms with Crippen molar-refractivity contribution in [2.75, 3.05) is 56.5 Å². The number of carbonyl (C=O) groups is 1. The Morgan fingerprint density at radius 1 is 1.16 bits per heavy atom. The lowest BCUT2D eigenvalue weighted by Gasteiger charge is -2.47. The summed E-state index contributed by atoms with van der Waals surface area (Å²) in [5, 5.41) is 22.8. The van der Waals surface area contributed by atoms with Crippen LogP contribution in [0.25, 0.3) is 0 Å². The number of piperidine rings is 1. The Morgan fingerprint density at radius 2 is 1.89 bits per heavy atom. The fourth-order valence-corrected chi connectivity index (χ4v) is 6.11. The van der Waals surface area contributed by atoms with Gasteiger partial charge in [0.25, 0.3) is 5.91 Å². The molecule has 1 aromatic heterocycles. The number of nitrogens with two attached hydrogens (primary N) is 1. The van der Waals surface area contributed by atoms with Gasteiger partial charge in [-0.25, -0.2) is 9.97 Å². The summed E-state index contributed by atoms with van der Waals surface area (Å²) in [5.41, 5.74) is 6.72. The van der Waals surface area contributed by atoms with Crippen molar-refractivity contribution < 1.29 is 15.0 Å². The fraction of sp³-hybridized carbons (Fsp3) is 0.560. The van der Waals surface area contributed by atoms with E-state index in [-0.39, 0.29) is 35.6 Å². The van der Waals surface area contributed by atoms with Gasteiger partial charge in [-0.1, -0.05) is 41.7 Å². The molecule has 2 aromatic rings. The summed E-state index contributed by atoms with van der Waals surface area (Å²) in [6.45, 7) is 6.79. The molecular formula is C25H34Cl3N7O3. The smallest absolute Gasteiger partial charge is 0.273 e. The topological polar surface area (TPSA) is 131 Å². The molecule has 2 aliphatic rings. The number of nitrogens with zero attached hydrogens (tertiary/aromatic N) is 5. The van der Waals surface area contributed by atoms with Crippen LogP contribution in [0.4, 0.5) is 11.6 Å². The molecule has 1 aromatic carbocycles. The minimum Gasteiger partial charge on any atom is -0.508 e. The van der Waals surface area contributed by atoms with Crippen molar-refractivity contribution in [1.29, 1.82) is 0 Å². The lowest BCUT2D eigenvalue weighted by molar-refractivity contribution is 0.0608. The molecule has 5 N–H and O–H groups in total. The number of anilines is 2. The predicted molar refractivity (Wildman–Crippen MR) is 150 cm³/mol. The van der Waals surface area contributed by atoms with Crippen molar-refractivity contribution in [2.45, 2.75) is 44.8 Å². The summed E-state index contributed by atoms with van der Waals surface area (Å²) in [6.07, 6.45) is 3.01. The van der Waals surface area contributed by atoms with E-state index in [0.29, 0.717) is 40.1 Å². The second-order valence-corrected chi connectivity index (χ2v) is 10.9. The lowest BCUT2D eigenvalue weighted by atomic mass is 9.97. The number of benzene rings is 1. The van der Waals surface area contributed by atoms with Gasteiger partial charge < -0.3 is 26.2 Å². The van der Waals surface area contributed by atoms with Crippen molar-refractivity contribution in [3.63, 3.8) is 0 Å². The molecule has 208 valence electrons. The molecule has 13 heteroatoms. The third-order valence-electron chi connectivity index (χ3n) is 7.32. The fourth-order valence-electron chi connectivity index (χ4n) is 5.33. The zero-order chi connectivity index (χ0) is 27.4. The van der Waals surface area contributed by atoms with Gasteiger partial charge in [0.1, 0.15) is 5.75 Å². The number of phenols is 1. The Labute approximate surface area is 237 Å². The molecule has 0 aliphatic carbocycles. The molecule has 1 amide bonds. The van der Waals surface area contributed by atoms with E-state index in [1.54, 1.807) is 6.07 Å². The second kappa shape index (κ2) is 12.8. The van der Waals surface area contributed by atoms with Gasteiger partial charge in [-0.2, -0.15) is 0 Å². The Bertz CT molecular complexity index is 1120. The first kappa shape index (κ1) is 28.9. The van der Waals surface area contributed by atoms with Crippen molar-refractivity contribution >= 4 is 52.3 Å². The average molecular weight is 587 g/mol. The first-order valence-corrected chi connectivity index (χ1v) is 14.0. The minimum atomic E-state index is -0.520. The normalized spacial score (nSPS) is 19.6. The monoisotopic (exact) mass is 585 g/mol. The highest BCUT2D eigenvalue weighted by Gasteiger charge is 2.34. The van der Waals surface area contributed by atoms with E-state index >= 15 is 0 Å². The van der Waals surface area contributed by atoms with Gasteiger partial charge in [-0.05, 0) is 44.5 Å². The zero-order valence-electron chi connectivity index (χ0n) is 21.3. The summed E-state index contributed by atoms with van der Waals surface area (Å²) in [4.78, 5) is 27.9. The van der Waals surface area contributed by atoms with Crippen LogP contribution < -0.4 is 16.0 Å². The van der Waals surface area contributed by atoms with E-state index in [0.717, 1.165) is 52.0 Å². The molecule has 2 fully saturated rings. The van der Waals surface area contributed by atoms with E-state index in [1.807, 2.05) is 0 Å². The number of aromatic nitrogens is 2. The number of likely N-dealkylation sites (tertiary alicyclic amines) is 1. The van der Waals surface area contributed by atoms with Gasteiger partial charge in [-0.3, -0.25) is 14.6 Å². The van der Waals surface area contributed by atoms with Crippen molar-refractivity contribution in [1.82, 2.24) is 25.1 Å². The molecule has 0 saturated carbocycles. The standard InChI is InChI=1S/C25H34Cl3N7O3/c1-2-16-13-34(24-22(28)31-21(23(29)32-24)25(38)30-5-10-36)8-9-35(16)17-3-6-33(7-4-17)14-18-19(27)11-15(26)12-20(18)37/h11-12,16-17,36-37H,2-10,13-14H2,1H3,(H2,29,32)(H,30,38)/t16-/m0/s1. The van der Waals surface area contributed by atoms with Crippen LogP contribution in [0.15, 0.2) is 12.1 Å². The highest BCUT2D eigenvalue weighted by molar-refractivity contribution is 6.35. The Hall–Kier alpha value is -2.08. The molecule has 2 saturated heterocycles. The molecule has 0 bridgehead atoms. The maximum atomic E-state index is 12.2. The third kappa shape index (κ3) is 6.55. The maximum Gasteiger partial charge on any atom is 0.273 e. The Morgan fingerprint density at radius 3 is 2.55 bits per heavy atom. The Kier molecular flexibility index (Phi) is 9.78. The molecule has 0 unspecified atom stereocenters. The second-order valence-electron chi connectivity index (χ2n) is 9.69. The summed E-state index contributed by atoms with van der Waals surface area (Å²) in [5.74, 6) is 0.103. The van der Waals surface area contributed by atoms with Crippen LogP contribution in [0.2, 0.25) is 15.2 Å². The summed E-state index contributed by atoms with van der Waals surface area (Å²) in [6, 6.07) is 3.96. The number of aliphatic hydroxyl groups is 1. The number of hydrogen-bond acceptors (Lipinski definition) is 9. The third-order valence-corrected chi connectivity index (χ3v) is 8.13. The number of nitrogens with one attached hydrogen (secondary N) is 1. The van der Waals surface area contributed by atoms with E-state index < -0.39 is 5.91 Å². The summed E-state index contributed by atoms with van der Waals surface area (Å²) in [7, 11) is 0. The van der Waals surface area contributed by atoms with Gasteiger partial charge in [0.2, 0.25) is 0 Å². The molecule has 3 heterocycles. The molecular weight excluding hydrogens is 553 g/mol. The predicted octanol–water partition coefficient (Wildman–Crippen LogP) is 3.01. The van der Waals surface area contributed by atoms with Crippen LogP contribution in [0.1, 0.15) is 42.2 Å². The highest BCUT2D eigenvalue weighted by Crippen LogP contribution is 2.33. The summed E-state index contributed by atoms with van der Waals surface area (Å²) < 4.78 is 0. The number of phenolic OH excluding ortho intramolecular Hbond substituents is 1. The van der Waals surface area contributed by atoms with Gasteiger partial charge in [0, 0.05) is 55.4 Å². The number of piperazine rings is 1. The zero-order valence-corrected chi connectivity index (χ0v) is 23.6. The van der Waals surface area contributed by atoms with Crippen molar-refractivity contribution in [3.8, 4) is 5.75 Å². The van der Waals surface area contributed by atoms with Crippen LogP contribution >= 0.6 is 34.8 Å². The van der Waals surface area contributed by atoms with Crippen LogP contribution in [0.5, 0.6) is 5.75 Å². The SMILES string of the molecule is CC[C@H]1CN(c2nc(N)c(C(=O)NCCO)nc2Cl)CCN1C1CCN(Cc2c(O)cc(Cl)cc2Cl)CC1. The van der Waals surface area contributed by atoms with Crippen molar-refractivity contribution in [2.24, 2.45) is 0 Å². The Balaban J connectivity index is 1.37. The number of amides is 1. The maximum absolute atomic E-state index is 12.2. The summed E-state index contributed by atoms with van der Waals surface area (Å²) >= 11 is 18.8. The molecule has 0 spiro atoms. The number of nitrogen functional groups attached to an aromatic ring is 1. The van der Waals surface area contributed by atoms with Gasteiger partial charge in [-0.15, -0.1) is 0 Å². The molecule has 1 atom stereocenters. The highest BCUT2D eigenvalue weighted by atomic mass is 35.5. The molecule has 0 radical (unpaired) electrons. The van der Waals surface area contributed by atoms with E-state index in [1.165, 1.54) is 6.07 Å². The van der Waals surface area contributed by atoms with Gasteiger partial charge in [0.05, 0.1) is 11.6 Å². The largest absolute Gasteiger partial charge is 0.508 e. The molecule has 2 aliphatic heterocycles. The van der Waals surface area contributed by atoms with E-state index in [9.17, 15) is 9.90 Å². The first-order valence-electron chi connectivity index (χ1n) is 12.8. The van der Waals surface area contributed by atoms with Crippen LogP contribution in [0.3, 0.4) is 0 Å². The van der Waals surface area contributed by atoms with Gasteiger partial charge in [0.15, 0.2) is 22.5 Å². The van der Waals surface area contributed by atoms with Crippen LogP contribution in [-0.4, -0.2) is 93.8 Å². The minimum absolute atomic E-state index is 0.00881. The van der Waals surface area contributed by atoms with E-state index in [4.69, 9.17) is 45.6 Å². The lowest BCUT2D eigenvalue weighted by Crippen LogP contribution is -2.58. The number of aliphatic hydroxyl groups excluding tert-OH is 1. The number of rotatable bonds is 8. The molecule has 4 rings (SSSR count). The van der Waals surface area contributed by atoms with E-state index in [2.05, 4.69) is 36.9 Å². The quantitative estimate of drug-likeness (QED) is 0.369. The van der Waals surface area contributed by atoms with Crippen molar-refractivity contribution in [3.05, 3.63) is 38.6 Å². The number of aromatic hydroxyl groups is 1. The molecule has 38 heavy (non-hydrogen) atoms. The van der Waals surface area contributed by atoms with Crippen LogP contribution in [0, 0.1) is 0 Å². The first-order chi connectivity index (χ1) is 18.2. The number of carbonyl (C=O) groups excluding carboxylic acids is 1.